The molecule has 0 unspecified atom stereocenters. The maximum absolute atomic E-state index is 11.2. The van der Waals surface area contributed by atoms with Crippen LogP contribution in [0.25, 0.3) is 0 Å². The Balaban J connectivity index is 2.67. The van der Waals surface area contributed by atoms with E-state index in [1.54, 1.807) is 31.2 Å². The highest BCUT2D eigenvalue weighted by Gasteiger charge is 2.44. The highest BCUT2D eigenvalue weighted by Crippen LogP contribution is 2.29. The van der Waals surface area contributed by atoms with Gasteiger partial charge >= 0.3 is 11.9 Å². The zero-order valence-corrected chi connectivity index (χ0v) is 11.3. The molecule has 106 valence electrons. The van der Waals surface area contributed by atoms with Crippen molar-refractivity contribution >= 4 is 11.9 Å². The molecule has 2 N–H and O–H groups in total. The van der Waals surface area contributed by atoms with Crippen molar-refractivity contribution in [2.75, 3.05) is 0 Å². The van der Waals surface area contributed by atoms with Crippen LogP contribution in [0, 0.1) is 16.7 Å². The smallest absolute Gasteiger partial charge is 0.321 e. The molecule has 0 aliphatic rings. The van der Waals surface area contributed by atoms with Crippen LogP contribution >= 0.6 is 0 Å². The summed E-state index contributed by atoms with van der Waals surface area (Å²) in [5.74, 6) is -2.57. The molecule has 0 aromatic heterocycles. The highest BCUT2D eigenvalue weighted by atomic mass is 16.4. The van der Waals surface area contributed by atoms with E-state index in [0.717, 1.165) is 5.56 Å². The number of aliphatic carboxylic acids is 2. The molecule has 0 spiro atoms. The maximum Gasteiger partial charge on any atom is 0.321 e. The fraction of sp³-hybridized carbons (Fsp3) is 0.400. The summed E-state index contributed by atoms with van der Waals surface area (Å²) in [5, 5.41) is 27.0. The number of hydrogen-bond donors (Lipinski definition) is 2. The van der Waals surface area contributed by atoms with E-state index < -0.39 is 17.4 Å². The van der Waals surface area contributed by atoms with Crippen molar-refractivity contribution in [1.82, 2.24) is 0 Å². The molecule has 0 aliphatic carbocycles. The SMILES string of the molecule is CCC(CCCc1ccc(C#N)cc1)(C(=O)O)C(=O)O. The predicted octanol–water partition coefficient (Wildman–Crippen LogP) is 2.45. The number of carboxylic acid groups (broad SMARTS) is 2. The number of carboxylic acids is 2. The van der Waals surface area contributed by atoms with Gasteiger partial charge in [0, 0.05) is 0 Å². The van der Waals surface area contributed by atoms with Gasteiger partial charge in [0.15, 0.2) is 5.41 Å². The van der Waals surface area contributed by atoms with Crippen molar-refractivity contribution in [3.05, 3.63) is 35.4 Å². The van der Waals surface area contributed by atoms with Gasteiger partial charge in [-0.1, -0.05) is 19.1 Å². The van der Waals surface area contributed by atoms with Gasteiger partial charge in [-0.3, -0.25) is 9.59 Å². The number of hydrogen-bond acceptors (Lipinski definition) is 3. The number of nitriles is 1. The van der Waals surface area contributed by atoms with E-state index in [0.29, 0.717) is 18.4 Å². The van der Waals surface area contributed by atoms with E-state index >= 15 is 0 Å². The summed E-state index contributed by atoms with van der Waals surface area (Å²) in [5.41, 5.74) is -0.176. The van der Waals surface area contributed by atoms with E-state index in [9.17, 15) is 9.59 Å². The molecule has 20 heavy (non-hydrogen) atoms. The molecule has 0 radical (unpaired) electrons. The summed E-state index contributed by atoms with van der Waals surface area (Å²) >= 11 is 0. The molecule has 0 aliphatic heterocycles. The first-order valence-corrected chi connectivity index (χ1v) is 6.42. The largest absolute Gasteiger partial charge is 0.480 e. The predicted molar refractivity (Wildman–Crippen MR) is 72.1 cm³/mol. The second-order valence-electron chi connectivity index (χ2n) is 4.71. The quantitative estimate of drug-likeness (QED) is 0.745. The molecule has 1 aromatic rings. The zero-order chi connectivity index (χ0) is 15.2. The Hall–Kier alpha value is -2.35. The lowest BCUT2D eigenvalue weighted by molar-refractivity contribution is -0.165. The summed E-state index contributed by atoms with van der Waals surface area (Å²) in [7, 11) is 0. The van der Waals surface area contributed by atoms with E-state index in [1.165, 1.54) is 0 Å². The average Bonchev–Trinajstić information content (AvgIpc) is 2.43. The van der Waals surface area contributed by atoms with Gasteiger partial charge in [-0.25, -0.2) is 0 Å². The third kappa shape index (κ3) is 3.35. The molecule has 0 amide bonds. The molecule has 0 heterocycles. The van der Waals surface area contributed by atoms with Crippen molar-refractivity contribution in [2.45, 2.75) is 32.6 Å². The summed E-state index contributed by atoms with van der Waals surface area (Å²) < 4.78 is 0. The van der Waals surface area contributed by atoms with Crippen molar-refractivity contribution in [3.63, 3.8) is 0 Å². The molecule has 5 nitrogen and oxygen atoms in total. The fourth-order valence-corrected chi connectivity index (χ4v) is 2.12. The molecule has 1 aromatic carbocycles. The van der Waals surface area contributed by atoms with Gasteiger partial charge in [0.2, 0.25) is 0 Å². The van der Waals surface area contributed by atoms with Crippen LogP contribution in [0.3, 0.4) is 0 Å². The van der Waals surface area contributed by atoms with Crippen LogP contribution in [0.15, 0.2) is 24.3 Å². The van der Waals surface area contributed by atoms with Crippen molar-refractivity contribution in [1.29, 1.82) is 5.26 Å². The summed E-state index contributed by atoms with van der Waals surface area (Å²) in [6.07, 6.45) is 1.21. The van der Waals surface area contributed by atoms with Crippen LogP contribution in [-0.4, -0.2) is 22.2 Å². The van der Waals surface area contributed by atoms with Crippen molar-refractivity contribution in [3.8, 4) is 6.07 Å². The molecule has 0 atom stereocenters. The highest BCUT2D eigenvalue weighted by molar-refractivity contribution is 5.98. The molecule has 0 fully saturated rings. The normalized spacial score (nSPS) is 10.8. The second-order valence-corrected chi connectivity index (χ2v) is 4.71. The summed E-state index contributed by atoms with van der Waals surface area (Å²) in [6.45, 7) is 1.57. The average molecular weight is 275 g/mol. The Labute approximate surface area is 117 Å². The van der Waals surface area contributed by atoms with Gasteiger partial charge in [-0.2, -0.15) is 5.26 Å². The van der Waals surface area contributed by atoms with Crippen LogP contribution in [0.5, 0.6) is 0 Å². The van der Waals surface area contributed by atoms with Crippen molar-refractivity contribution in [2.24, 2.45) is 5.41 Å². The Kier molecular flexibility index (Phi) is 5.27. The lowest BCUT2D eigenvalue weighted by Crippen LogP contribution is -2.38. The van der Waals surface area contributed by atoms with Gasteiger partial charge in [0.05, 0.1) is 11.6 Å². The first-order chi connectivity index (χ1) is 9.46. The third-order valence-electron chi connectivity index (χ3n) is 3.57. The monoisotopic (exact) mass is 275 g/mol. The van der Waals surface area contributed by atoms with Crippen LogP contribution in [0.4, 0.5) is 0 Å². The van der Waals surface area contributed by atoms with E-state index in [-0.39, 0.29) is 12.8 Å². The Morgan fingerprint density at radius 3 is 2.15 bits per heavy atom. The number of rotatable bonds is 7. The van der Waals surface area contributed by atoms with Crippen LogP contribution in [-0.2, 0) is 16.0 Å². The first-order valence-electron chi connectivity index (χ1n) is 6.42. The minimum atomic E-state index is -1.70. The Morgan fingerprint density at radius 2 is 1.75 bits per heavy atom. The lowest BCUT2D eigenvalue weighted by atomic mass is 9.80. The molecule has 0 saturated carbocycles. The minimum Gasteiger partial charge on any atom is -0.480 e. The van der Waals surface area contributed by atoms with Gasteiger partial charge < -0.3 is 10.2 Å². The van der Waals surface area contributed by atoms with E-state index in [2.05, 4.69) is 0 Å². The number of benzene rings is 1. The minimum absolute atomic E-state index is 0.0606. The number of nitrogens with zero attached hydrogens (tertiary/aromatic N) is 1. The molecule has 0 bridgehead atoms. The van der Waals surface area contributed by atoms with Gasteiger partial charge in [-0.05, 0) is 43.4 Å². The summed E-state index contributed by atoms with van der Waals surface area (Å²) in [6, 6.07) is 9.00. The first kappa shape index (κ1) is 15.7. The maximum atomic E-state index is 11.2. The van der Waals surface area contributed by atoms with Gasteiger partial charge in [0.25, 0.3) is 0 Å². The van der Waals surface area contributed by atoms with Crippen LogP contribution in [0.2, 0.25) is 0 Å². The molecule has 0 saturated heterocycles. The van der Waals surface area contributed by atoms with Crippen molar-refractivity contribution < 1.29 is 19.8 Å². The Morgan fingerprint density at radius 1 is 1.20 bits per heavy atom. The molecule has 5 heteroatoms. The van der Waals surface area contributed by atoms with Crippen LogP contribution in [0.1, 0.15) is 37.3 Å². The number of carbonyl (C=O) groups is 2. The zero-order valence-electron chi connectivity index (χ0n) is 11.3. The topological polar surface area (TPSA) is 98.4 Å². The van der Waals surface area contributed by atoms with Crippen LogP contribution < -0.4 is 0 Å². The molecular formula is C15H17NO4. The summed E-state index contributed by atoms with van der Waals surface area (Å²) in [4.78, 5) is 22.4. The second kappa shape index (κ2) is 6.71. The third-order valence-corrected chi connectivity index (χ3v) is 3.57. The van der Waals surface area contributed by atoms with E-state index in [1.807, 2.05) is 6.07 Å². The molecule has 1 rings (SSSR count). The molecular weight excluding hydrogens is 258 g/mol. The van der Waals surface area contributed by atoms with Gasteiger partial charge in [0.1, 0.15) is 0 Å². The standard InChI is InChI=1S/C15H17NO4/c1-2-15(13(17)18,14(19)20)9-3-4-11-5-7-12(10-16)8-6-11/h5-8H,2-4,9H2,1H3,(H,17,18)(H,19,20). The lowest BCUT2D eigenvalue weighted by Gasteiger charge is -2.22. The fourth-order valence-electron chi connectivity index (χ4n) is 2.12. The Bertz CT molecular complexity index is 514. The van der Waals surface area contributed by atoms with E-state index in [4.69, 9.17) is 15.5 Å². The van der Waals surface area contributed by atoms with Gasteiger partial charge in [-0.15, -0.1) is 0 Å². The number of aryl methyl sites for hydroxylation is 1.